The summed E-state index contributed by atoms with van der Waals surface area (Å²) in [6.07, 6.45) is -18.7. The smallest absolute Gasteiger partial charge is 0.349 e. The molecule has 41 nitrogen and oxygen atoms in total. The Labute approximate surface area is 729 Å². The van der Waals surface area contributed by atoms with Gasteiger partial charge in [-0.3, -0.25) is 53.1 Å². The molecule has 45 heteroatoms. The number of hydrogen-bond donors (Lipinski definition) is 22. The maximum absolute atomic E-state index is 16.3. The van der Waals surface area contributed by atoms with Crippen LogP contribution in [0.4, 0.5) is 15.0 Å². The number of nitrogens with one attached hydrogen (secondary N) is 11. The fourth-order valence-electron chi connectivity index (χ4n) is 15.0. The van der Waals surface area contributed by atoms with E-state index >= 15 is 24.0 Å². The maximum Gasteiger partial charge on any atom is 0.349 e. The number of carbonyl (C=O) groups excluding carboxylic acids is 10. The zero-order chi connectivity index (χ0) is 91.4. The van der Waals surface area contributed by atoms with Crippen molar-refractivity contribution in [1.82, 2.24) is 62.9 Å². The summed E-state index contributed by atoms with van der Waals surface area (Å²) >= 11 is 20.2. The van der Waals surface area contributed by atoms with Crippen LogP contribution < -0.4 is 90.1 Å². The molecule has 2 fully saturated rings. The highest BCUT2D eigenvalue weighted by molar-refractivity contribution is 6.32. The number of aromatic nitrogens is 2. The molecule has 7 aromatic rings. The number of aliphatic hydroxyl groups excluding tert-OH is 6. The van der Waals surface area contributed by atoms with Crippen LogP contribution in [-0.2, 0) is 70.3 Å². The van der Waals surface area contributed by atoms with Gasteiger partial charge in [-0.2, -0.15) is 4.98 Å². The molecule has 126 heavy (non-hydrogen) atoms. The van der Waals surface area contributed by atoms with Crippen molar-refractivity contribution < 1.29 is 127 Å². The summed E-state index contributed by atoms with van der Waals surface area (Å²) in [6, 6.07) is 2.42. The van der Waals surface area contributed by atoms with Gasteiger partial charge >= 0.3 is 11.7 Å². The van der Waals surface area contributed by atoms with E-state index in [2.05, 4.69) is 52.8 Å². The number of nitrogens with zero attached hydrogens (tertiary/aromatic N) is 2. The number of rotatable bonds is 20. The van der Waals surface area contributed by atoms with Gasteiger partial charge in [-0.25, -0.2) is 19.4 Å². The number of hydrogen-bond acceptors (Lipinski definition) is 29. The van der Waals surface area contributed by atoms with Crippen LogP contribution in [0.15, 0.2) is 114 Å². The van der Waals surface area contributed by atoms with E-state index in [1.165, 1.54) is 49.0 Å². The topological polar surface area (TPSA) is 627 Å². The van der Waals surface area contributed by atoms with Crippen LogP contribution >= 0.6 is 34.8 Å². The van der Waals surface area contributed by atoms with Crippen molar-refractivity contribution in [2.45, 2.75) is 169 Å². The molecule has 6 aromatic carbocycles. The van der Waals surface area contributed by atoms with Crippen molar-refractivity contribution in [2.75, 3.05) is 25.5 Å². The van der Waals surface area contributed by atoms with Gasteiger partial charge in [-0.05, 0) is 139 Å². The Morgan fingerprint density at radius 3 is 1.98 bits per heavy atom. The number of amides is 11. The number of likely N-dealkylation sites (N-methyl/N-ethyl adjacent to an activating group) is 1. The molecule has 2 saturated heterocycles. The lowest BCUT2D eigenvalue weighted by Crippen LogP contribution is -2.65. The molecule has 0 unspecified atom stereocenters. The van der Waals surface area contributed by atoms with E-state index in [1.807, 2.05) is 10.9 Å². The number of phenols is 3. The summed E-state index contributed by atoms with van der Waals surface area (Å²) < 4.78 is 54.3. The van der Waals surface area contributed by atoms with Gasteiger partial charge in [0.15, 0.2) is 23.9 Å². The zero-order valence-electron chi connectivity index (χ0n) is 67.3. The van der Waals surface area contributed by atoms with Gasteiger partial charge in [0.2, 0.25) is 59.3 Å². The van der Waals surface area contributed by atoms with Gasteiger partial charge in [-0.15, -0.1) is 0 Å². The third kappa shape index (κ3) is 21.0. The predicted octanol–water partition coefficient (Wildman–Crippen LogP) is 0.583. The number of aliphatic hydroxyl groups is 6. The largest absolute Gasteiger partial charge is 0.508 e. The number of primary amides is 2. The quantitative estimate of drug-likeness (QED) is 0.0464. The number of anilines is 1. The number of fused-ring (bicyclic) bond motifs is 15. The Kier molecular flexibility index (Phi) is 28.9. The third-order valence-corrected chi connectivity index (χ3v) is 22.3. The van der Waals surface area contributed by atoms with Crippen molar-refractivity contribution in [3.63, 3.8) is 0 Å². The summed E-state index contributed by atoms with van der Waals surface area (Å²) in [4.78, 5) is 162. The van der Waals surface area contributed by atoms with Gasteiger partial charge in [0.25, 0.3) is 5.91 Å². The molecule has 11 bridgehead atoms. The van der Waals surface area contributed by atoms with E-state index < -0.39 is 277 Å². The van der Waals surface area contributed by atoms with Gasteiger partial charge in [0, 0.05) is 48.4 Å². The van der Waals surface area contributed by atoms with E-state index in [0.29, 0.717) is 5.56 Å². The Balaban J connectivity index is 1.000. The number of carbonyl (C=O) groups is 10. The fourth-order valence-corrected chi connectivity index (χ4v) is 15.7. The van der Waals surface area contributed by atoms with Crippen LogP contribution in [0.1, 0.15) is 111 Å². The van der Waals surface area contributed by atoms with Crippen LogP contribution in [0.3, 0.4) is 0 Å². The first-order valence-electron chi connectivity index (χ1n) is 39.1. The van der Waals surface area contributed by atoms with Crippen LogP contribution in [0.2, 0.25) is 15.1 Å². The molecule has 1 aromatic heterocycles. The molecular weight excluding hydrogens is 1720 g/mol. The summed E-state index contributed by atoms with van der Waals surface area (Å²) in [7, 11) is 1.46. The minimum Gasteiger partial charge on any atom is -0.508 e. The lowest BCUT2D eigenvalue weighted by molar-refractivity contribution is -0.334. The average molecular weight is 1810 g/mol. The molecule has 11 amide bonds. The zero-order valence-corrected chi connectivity index (χ0v) is 69.5. The Hall–Kier alpha value is -12.1. The lowest BCUT2D eigenvalue weighted by Gasteiger charge is -2.48. The number of nitrogens with two attached hydrogens (primary N) is 2. The Bertz CT molecular complexity index is 5470. The van der Waals surface area contributed by atoms with E-state index in [1.54, 1.807) is 20.8 Å². The van der Waals surface area contributed by atoms with E-state index in [0.717, 1.165) is 78.9 Å². The third-order valence-electron chi connectivity index (χ3n) is 21.4. The predicted molar refractivity (Wildman–Crippen MR) is 439 cm³/mol. The molecular formula is C81H89Cl3FN15O26. The Morgan fingerprint density at radius 1 is 0.706 bits per heavy atom. The number of benzene rings is 6. The van der Waals surface area contributed by atoms with Crippen molar-refractivity contribution in [2.24, 2.45) is 17.4 Å². The number of hydrazine groups is 1. The summed E-state index contributed by atoms with van der Waals surface area (Å²) in [5, 5.41) is 129. The van der Waals surface area contributed by atoms with Gasteiger partial charge in [0.1, 0.15) is 107 Å². The molecule has 672 valence electrons. The molecule has 18 atom stereocenters. The number of ether oxygens (including phenoxy) is 6. The van der Waals surface area contributed by atoms with Crippen LogP contribution in [0, 0.1) is 11.7 Å². The molecule has 14 rings (SSSR count). The summed E-state index contributed by atoms with van der Waals surface area (Å²) in [6.45, 7) is 5.44. The van der Waals surface area contributed by atoms with Gasteiger partial charge in [0.05, 0.1) is 52.8 Å². The normalized spacial score (nSPS) is 25.8. The van der Waals surface area contributed by atoms with Crippen LogP contribution in [-0.4, -0.2) is 214 Å². The number of phenolic OH excluding ortho intramolecular Hbond substituents is 3. The van der Waals surface area contributed by atoms with Crippen molar-refractivity contribution in [1.29, 1.82) is 0 Å². The van der Waals surface area contributed by atoms with Gasteiger partial charge < -0.3 is 134 Å². The minimum atomic E-state index is -2.42. The number of halogens is 4. The maximum atomic E-state index is 16.3. The molecule has 7 aliphatic heterocycles. The van der Waals surface area contributed by atoms with Crippen LogP contribution in [0.25, 0.3) is 11.1 Å². The first kappa shape index (κ1) is 93.0. The first-order valence-corrected chi connectivity index (χ1v) is 40.2. The lowest BCUT2D eigenvalue weighted by atomic mass is 9.85. The summed E-state index contributed by atoms with van der Waals surface area (Å²) in [5.41, 5.74) is 9.93. The molecule has 0 spiro atoms. The average Bonchev–Trinajstić information content (AvgIpc) is 0.764. The van der Waals surface area contributed by atoms with Crippen LogP contribution in [0.5, 0.6) is 46.0 Å². The highest BCUT2D eigenvalue weighted by atomic mass is 35.5. The molecule has 7 aliphatic rings. The van der Waals surface area contributed by atoms with E-state index in [9.17, 15) is 79.1 Å². The second-order valence-corrected chi connectivity index (χ2v) is 32.2. The number of urea groups is 1. The SMILES string of the molecule is CN[C@H](CC(C)C)C(=O)N[C@H]1C(=O)N[C@@H](CC(N)=O)C(=O)N[C@H]2C(=O)N[C@H]3C(=O)N[C@H](C(=O)N[C@@H](C(=O)NNC(N)=O)c4cc(O)cc(O)c4-c4cc3ccc4O)[C@H](O)c3ccc(c(Cl)c3)Oc3cc2cc(c3O[C@@H]2O[C@H](CO)[C@@H](O)[C@H](O)[C@H]2O[C@H]2C[C@](C)(NCCn3ccc(NC(=O)Cc4ccc(F)c(Cl)c4)nc3=O)[C@H](O)[C@H](C)O2)Oc2ccc(cc2Cl)[C@H]1O. The van der Waals surface area contributed by atoms with E-state index in [-0.39, 0.29) is 60.2 Å². The first-order chi connectivity index (χ1) is 59.7. The minimum absolute atomic E-state index is 0.0690. The van der Waals surface area contributed by atoms with Gasteiger partial charge in [-0.1, -0.05) is 72.9 Å². The van der Waals surface area contributed by atoms with Crippen molar-refractivity contribution in [3.05, 3.63) is 174 Å². The fraction of sp³-hybridized carbons (Fsp3) is 0.383. The molecule has 0 radical (unpaired) electrons. The molecule has 8 heterocycles. The monoisotopic (exact) mass is 1810 g/mol. The highest BCUT2D eigenvalue weighted by Gasteiger charge is 2.52. The highest BCUT2D eigenvalue weighted by Crippen LogP contribution is 2.50. The summed E-state index contributed by atoms with van der Waals surface area (Å²) in [5.74, 6) is -17.7. The van der Waals surface area contributed by atoms with Crippen molar-refractivity contribution >= 4 is 99.8 Å². The standard InChI is InChI=1S/C81H89Cl3FN15O26/c1-31(2)18-45(88-5)71(112)96-62-64(107)35-8-12-49(42(83)22-35)122-51-24-37-25-52(68(51)126-78-69(67(110)66(109)53(30-101)124-78)125-57-29-81(4,70(111)32(3)121-57)89-15-17-100-16-14-55(92-80(100)120)91-56(106)20-33-6-10-44(85)41(82)19-33)123-50-13-9-36(23-43(50)84)65(108)63-76(117)95-61(77(118)98-99-79(87)119)40-26-38(102)27-48(104)58(40)39-21-34(7-11-47(39)103)59(73(114)97-63)94-74(115)60(37)93-72(113)46(28-54(86)105)90-75(62)116/h6-14,16,19,21-27,31-32,45-46,53,57,59-67,69-70,78,88-89,101-104,107-111H,15,17-18,20,28-30H2,1-5H3,(H2,86,105)(H,90,116)(H,93,113)(H,94,115)(H,95,117)(H,96,112)(H,97,114)(H,98,118)(H3,87,99,119)(H,91,92,106,120)/t32-,45+,46-,53+,57-,59+,60+,61+,62+,63-,64+,65+,66+,67-,69+,70+,78-,81-/m0/s1. The second-order valence-electron chi connectivity index (χ2n) is 31.0. The molecule has 0 aliphatic carbocycles. The van der Waals surface area contributed by atoms with Crippen molar-refractivity contribution in [3.8, 4) is 57.1 Å². The number of aromatic hydroxyl groups is 3. The molecule has 24 N–H and O–H groups in total. The second kappa shape index (κ2) is 39.2. The molecule has 0 saturated carbocycles. The Morgan fingerprint density at radius 2 is 1.36 bits per heavy atom. The van der Waals surface area contributed by atoms with E-state index in [4.69, 9.17) is 74.7 Å².